The maximum absolute atomic E-state index is 6.18. The van der Waals surface area contributed by atoms with Gasteiger partial charge in [0.1, 0.15) is 5.84 Å². The first-order chi connectivity index (χ1) is 6.69. The largest absolute Gasteiger partial charge is 0.346 e. The maximum atomic E-state index is 6.18. The monoisotopic (exact) mass is 210 g/mol. The van der Waals surface area contributed by atoms with Crippen LogP contribution in [-0.4, -0.2) is 12.9 Å². The highest BCUT2D eigenvalue weighted by atomic mass is 35.5. The van der Waals surface area contributed by atoms with Gasteiger partial charge in [-0.2, -0.15) is 0 Å². The molecule has 0 saturated carbocycles. The summed E-state index contributed by atoms with van der Waals surface area (Å²) in [6, 6.07) is 0. The third-order valence-corrected chi connectivity index (χ3v) is 2.48. The van der Waals surface area contributed by atoms with Gasteiger partial charge in [0.25, 0.3) is 0 Å². The first-order valence-corrected chi connectivity index (χ1v) is 5.02. The van der Waals surface area contributed by atoms with E-state index in [1.54, 1.807) is 7.05 Å². The lowest BCUT2D eigenvalue weighted by molar-refractivity contribution is 1.03. The van der Waals surface area contributed by atoms with Gasteiger partial charge < -0.3 is 5.32 Å². The molecular weight excluding hydrogens is 196 g/mol. The highest BCUT2D eigenvalue weighted by Gasteiger charge is 2.12. The van der Waals surface area contributed by atoms with Crippen molar-refractivity contribution >= 4 is 17.4 Å². The van der Waals surface area contributed by atoms with Crippen LogP contribution < -0.4 is 5.32 Å². The summed E-state index contributed by atoms with van der Waals surface area (Å²) in [5.74, 6) is 0.832. The fourth-order valence-corrected chi connectivity index (χ4v) is 1.55. The SMILES string of the molecule is C=C(CC)C/C(Cl)=C1/C=CNC1=NC. The summed E-state index contributed by atoms with van der Waals surface area (Å²) >= 11 is 6.18. The van der Waals surface area contributed by atoms with E-state index in [1.165, 1.54) is 0 Å². The number of hydrogen-bond donors (Lipinski definition) is 1. The number of nitrogens with one attached hydrogen (secondary N) is 1. The fraction of sp³-hybridized carbons (Fsp3) is 0.364. The van der Waals surface area contributed by atoms with E-state index in [-0.39, 0.29) is 0 Å². The summed E-state index contributed by atoms with van der Waals surface area (Å²) in [5.41, 5.74) is 2.11. The van der Waals surface area contributed by atoms with E-state index in [4.69, 9.17) is 11.6 Å². The van der Waals surface area contributed by atoms with Gasteiger partial charge in [0.15, 0.2) is 0 Å². The molecule has 76 valence electrons. The van der Waals surface area contributed by atoms with Gasteiger partial charge in [-0.1, -0.05) is 30.7 Å². The van der Waals surface area contributed by atoms with E-state index in [9.17, 15) is 0 Å². The van der Waals surface area contributed by atoms with Crippen molar-refractivity contribution in [3.8, 4) is 0 Å². The Bertz CT molecular complexity index is 324. The molecule has 0 unspecified atom stereocenters. The molecular formula is C11H15ClN2. The molecule has 1 rings (SSSR count). The highest BCUT2D eigenvalue weighted by Crippen LogP contribution is 2.22. The van der Waals surface area contributed by atoms with Gasteiger partial charge in [-0.05, 0) is 12.5 Å². The molecule has 1 aliphatic rings. The van der Waals surface area contributed by atoms with Crippen LogP contribution in [0.1, 0.15) is 19.8 Å². The zero-order valence-corrected chi connectivity index (χ0v) is 9.36. The topological polar surface area (TPSA) is 24.4 Å². The predicted octanol–water partition coefficient (Wildman–Crippen LogP) is 2.98. The smallest absolute Gasteiger partial charge is 0.133 e. The van der Waals surface area contributed by atoms with Crippen LogP contribution in [-0.2, 0) is 0 Å². The minimum atomic E-state index is 0.735. The maximum Gasteiger partial charge on any atom is 0.133 e. The Balaban J connectivity index is 2.82. The number of amidine groups is 1. The highest BCUT2D eigenvalue weighted by molar-refractivity contribution is 6.33. The van der Waals surface area contributed by atoms with Gasteiger partial charge in [-0.3, -0.25) is 4.99 Å². The van der Waals surface area contributed by atoms with Crippen molar-refractivity contribution in [1.29, 1.82) is 0 Å². The van der Waals surface area contributed by atoms with Crippen LogP contribution in [0.25, 0.3) is 0 Å². The van der Waals surface area contributed by atoms with Gasteiger partial charge in [0.2, 0.25) is 0 Å². The molecule has 3 heteroatoms. The van der Waals surface area contributed by atoms with E-state index in [1.807, 2.05) is 12.3 Å². The predicted molar refractivity (Wildman–Crippen MR) is 62.6 cm³/mol. The van der Waals surface area contributed by atoms with Gasteiger partial charge in [0, 0.05) is 30.3 Å². The molecule has 0 aromatic carbocycles. The summed E-state index contributed by atoms with van der Waals surface area (Å²) in [7, 11) is 1.74. The Kier molecular flexibility index (Phi) is 3.96. The molecule has 0 atom stereocenters. The zero-order chi connectivity index (χ0) is 10.6. The molecule has 2 nitrogen and oxygen atoms in total. The standard InChI is InChI=1S/C11H15ClN2/c1-4-8(2)7-10(12)9-5-6-14-11(9)13-3/h5-6H,2,4,7H2,1,3H3,(H,13,14)/b10-9+. The van der Waals surface area contributed by atoms with Crippen molar-refractivity contribution in [2.45, 2.75) is 19.8 Å². The molecule has 0 amide bonds. The Morgan fingerprint density at radius 1 is 1.64 bits per heavy atom. The quantitative estimate of drug-likeness (QED) is 0.712. The second-order valence-electron chi connectivity index (χ2n) is 3.15. The van der Waals surface area contributed by atoms with Crippen LogP contribution in [0.5, 0.6) is 0 Å². The van der Waals surface area contributed by atoms with E-state index >= 15 is 0 Å². The normalized spacial score (nSPS) is 21.2. The first kappa shape index (κ1) is 11.1. The number of hydrogen-bond acceptors (Lipinski definition) is 1. The van der Waals surface area contributed by atoms with Crippen LogP contribution in [0, 0.1) is 0 Å². The molecule has 1 aliphatic heterocycles. The minimum absolute atomic E-state index is 0.735. The number of halogens is 1. The summed E-state index contributed by atoms with van der Waals surface area (Å²) in [6.07, 6.45) is 5.47. The van der Waals surface area contributed by atoms with Crippen molar-refractivity contribution in [3.05, 3.63) is 35.0 Å². The summed E-state index contributed by atoms with van der Waals surface area (Å²) in [5, 5.41) is 3.83. The van der Waals surface area contributed by atoms with Crippen molar-refractivity contribution in [2.75, 3.05) is 7.05 Å². The number of rotatable bonds is 3. The van der Waals surface area contributed by atoms with Crippen LogP contribution in [0.3, 0.4) is 0 Å². The Morgan fingerprint density at radius 2 is 2.36 bits per heavy atom. The Labute approximate surface area is 90.1 Å². The lowest BCUT2D eigenvalue weighted by atomic mass is 10.1. The van der Waals surface area contributed by atoms with Crippen molar-refractivity contribution in [2.24, 2.45) is 4.99 Å². The average molecular weight is 211 g/mol. The molecule has 0 fully saturated rings. The fourth-order valence-electron chi connectivity index (χ4n) is 1.20. The number of nitrogens with zero attached hydrogens (tertiary/aromatic N) is 1. The number of allylic oxidation sites excluding steroid dienone is 2. The first-order valence-electron chi connectivity index (χ1n) is 4.64. The molecule has 0 aromatic heterocycles. The molecule has 0 aliphatic carbocycles. The molecule has 0 saturated heterocycles. The van der Waals surface area contributed by atoms with Gasteiger partial charge in [0.05, 0.1) is 0 Å². The average Bonchev–Trinajstić information content (AvgIpc) is 2.65. The Morgan fingerprint density at radius 3 is 2.93 bits per heavy atom. The lowest BCUT2D eigenvalue weighted by Gasteiger charge is -2.05. The molecule has 0 radical (unpaired) electrons. The molecule has 0 aromatic rings. The van der Waals surface area contributed by atoms with Crippen LogP contribution in [0.2, 0.25) is 0 Å². The molecule has 0 bridgehead atoms. The summed E-state index contributed by atoms with van der Waals surface area (Å²) in [6.45, 7) is 6.01. The van der Waals surface area contributed by atoms with E-state index in [0.717, 1.165) is 34.9 Å². The van der Waals surface area contributed by atoms with Crippen LogP contribution in [0.15, 0.2) is 40.0 Å². The van der Waals surface area contributed by atoms with E-state index in [0.29, 0.717) is 0 Å². The van der Waals surface area contributed by atoms with Gasteiger partial charge >= 0.3 is 0 Å². The summed E-state index contributed by atoms with van der Waals surface area (Å²) in [4.78, 5) is 4.09. The lowest BCUT2D eigenvalue weighted by Crippen LogP contribution is -2.13. The van der Waals surface area contributed by atoms with Gasteiger partial charge in [-0.25, -0.2) is 0 Å². The second-order valence-corrected chi connectivity index (χ2v) is 3.61. The van der Waals surface area contributed by atoms with Crippen LogP contribution in [0.4, 0.5) is 0 Å². The van der Waals surface area contributed by atoms with Crippen molar-refractivity contribution in [1.82, 2.24) is 5.32 Å². The molecule has 1 heterocycles. The van der Waals surface area contributed by atoms with E-state index < -0.39 is 0 Å². The molecule has 0 spiro atoms. The van der Waals surface area contributed by atoms with Gasteiger partial charge in [-0.15, -0.1) is 0 Å². The molecule has 1 N–H and O–H groups in total. The van der Waals surface area contributed by atoms with Crippen molar-refractivity contribution in [3.63, 3.8) is 0 Å². The summed E-state index contributed by atoms with van der Waals surface area (Å²) < 4.78 is 0. The van der Waals surface area contributed by atoms with Crippen molar-refractivity contribution < 1.29 is 0 Å². The molecule has 14 heavy (non-hydrogen) atoms. The van der Waals surface area contributed by atoms with E-state index in [2.05, 4.69) is 23.8 Å². The minimum Gasteiger partial charge on any atom is -0.346 e. The second kappa shape index (κ2) is 5.01. The third-order valence-electron chi connectivity index (χ3n) is 2.15. The third kappa shape index (κ3) is 2.48. The zero-order valence-electron chi connectivity index (χ0n) is 8.60. The Hall–Kier alpha value is -1.02. The van der Waals surface area contributed by atoms with Crippen LogP contribution >= 0.6 is 11.6 Å². The number of aliphatic imine (C=N–C) groups is 1.